The van der Waals surface area contributed by atoms with Crippen molar-refractivity contribution < 1.29 is 18.7 Å². The molecule has 0 radical (unpaired) electrons. The second kappa shape index (κ2) is 6.75. The number of hydrogen-bond donors (Lipinski definition) is 0. The minimum absolute atomic E-state index is 0.336. The van der Waals surface area contributed by atoms with Gasteiger partial charge in [0.25, 0.3) is 5.91 Å². The fourth-order valence-electron chi connectivity index (χ4n) is 2.13. The molecule has 0 fully saturated rings. The molecule has 2 rings (SSSR count). The van der Waals surface area contributed by atoms with Gasteiger partial charge in [0.1, 0.15) is 0 Å². The Hall–Kier alpha value is -1.13. The number of benzene rings is 1. The summed E-state index contributed by atoms with van der Waals surface area (Å²) in [5.74, 6) is 0.417. The van der Waals surface area contributed by atoms with E-state index < -0.39 is 8.09 Å². The van der Waals surface area contributed by atoms with Gasteiger partial charge in [-0.1, -0.05) is 18.2 Å². The molecule has 0 aliphatic carbocycles. The molecule has 1 heterocycles. The second-order valence-electron chi connectivity index (χ2n) is 4.52. The van der Waals surface area contributed by atoms with Crippen LogP contribution in [0.2, 0.25) is 0 Å². The average molecular weight is 330 g/mol. The molecule has 0 saturated carbocycles. The first-order chi connectivity index (χ1) is 10.0. The van der Waals surface area contributed by atoms with Crippen molar-refractivity contribution in [3.05, 3.63) is 41.7 Å². The van der Waals surface area contributed by atoms with Crippen LogP contribution < -0.4 is 9.56 Å². The Labute approximate surface area is 129 Å². The molecule has 1 aliphatic rings. The van der Waals surface area contributed by atoms with Crippen molar-refractivity contribution in [1.82, 2.24) is 0 Å². The number of amides is 1. The van der Waals surface area contributed by atoms with Crippen LogP contribution in [0.3, 0.4) is 0 Å². The van der Waals surface area contributed by atoms with Gasteiger partial charge in [-0.05, 0) is 31.9 Å². The molecule has 0 spiro atoms. The smallest absolute Gasteiger partial charge is 0.396 e. The lowest BCUT2D eigenvalue weighted by Crippen LogP contribution is -2.42. The number of para-hydroxylation sites is 1. The van der Waals surface area contributed by atoms with E-state index in [0.717, 1.165) is 4.67 Å². The van der Waals surface area contributed by atoms with Crippen molar-refractivity contribution in [3.63, 3.8) is 0 Å². The average Bonchev–Trinajstić information content (AvgIpc) is 2.48. The largest absolute Gasteiger partial charge is 0.604 e. The van der Waals surface area contributed by atoms with Crippen LogP contribution in [-0.4, -0.2) is 18.9 Å². The molecule has 7 heteroatoms. The van der Waals surface area contributed by atoms with E-state index in [1.165, 1.54) is 7.11 Å². The molecule has 1 aliphatic heterocycles. The lowest BCUT2D eigenvalue weighted by Gasteiger charge is -2.38. The highest BCUT2D eigenvalue weighted by Crippen LogP contribution is 2.61. The molecule has 1 aromatic rings. The van der Waals surface area contributed by atoms with Gasteiger partial charge in [-0.2, -0.15) is 4.52 Å². The topological polar surface area (TPSA) is 61.8 Å². The first kappa shape index (κ1) is 16.2. The van der Waals surface area contributed by atoms with Gasteiger partial charge in [-0.15, -0.1) is 16.3 Å². The van der Waals surface area contributed by atoms with Crippen LogP contribution in [-0.2, 0) is 13.8 Å². The SMILES string of the molecule is CO[P+]1([O-])OC(C)=C(CCCCl)C(=O)N1c1ccccc1. The molecular formula is C14H17ClNO4P. The van der Waals surface area contributed by atoms with E-state index in [2.05, 4.69) is 0 Å². The monoisotopic (exact) mass is 329 g/mol. The predicted octanol–water partition coefficient (Wildman–Crippen LogP) is 3.03. The van der Waals surface area contributed by atoms with Gasteiger partial charge >= 0.3 is 8.09 Å². The summed E-state index contributed by atoms with van der Waals surface area (Å²) in [5, 5.41) is 0. The zero-order valence-corrected chi connectivity index (χ0v) is 13.6. The second-order valence-corrected chi connectivity index (χ2v) is 6.78. The number of nitrogens with zero attached hydrogens (tertiary/aromatic N) is 1. The van der Waals surface area contributed by atoms with Gasteiger partial charge in [0.2, 0.25) is 0 Å². The Morgan fingerprint density at radius 3 is 2.62 bits per heavy atom. The van der Waals surface area contributed by atoms with Gasteiger partial charge in [0, 0.05) is 5.88 Å². The highest BCUT2D eigenvalue weighted by molar-refractivity contribution is 7.62. The standard InChI is InChI=1S/C14H17ClNO4P/c1-11-13(9-6-10-15)14(17)16(21(18,19-2)20-11)12-7-4-3-5-8-12/h3-5,7-8H,6,9-10H2,1-2H3. The third-order valence-electron chi connectivity index (χ3n) is 3.16. The molecule has 21 heavy (non-hydrogen) atoms. The van der Waals surface area contributed by atoms with Crippen LogP contribution in [0.4, 0.5) is 5.69 Å². The summed E-state index contributed by atoms with van der Waals surface area (Å²) in [6.45, 7) is 1.62. The Balaban J connectivity index is 2.44. The molecule has 0 saturated heterocycles. The van der Waals surface area contributed by atoms with E-state index in [-0.39, 0.29) is 5.91 Å². The highest BCUT2D eigenvalue weighted by Gasteiger charge is 2.50. The summed E-state index contributed by atoms with van der Waals surface area (Å²) < 4.78 is 11.6. The molecule has 1 aromatic carbocycles. The van der Waals surface area contributed by atoms with Crippen molar-refractivity contribution in [3.8, 4) is 0 Å². The van der Waals surface area contributed by atoms with Crippen LogP contribution in [0.25, 0.3) is 0 Å². The molecular weight excluding hydrogens is 313 g/mol. The van der Waals surface area contributed by atoms with E-state index in [9.17, 15) is 9.69 Å². The Morgan fingerprint density at radius 1 is 1.38 bits per heavy atom. The van der Waals surface area contributed by atoms with Crippen LogP contribution in [0, 0.1) is 0 Å². The van der Waals surface area contributed by atoms with Crippen molar-refractivity contribution in [1.29, 1.82) is 0 Å². The van der Waals surface area contributed by atoms with Gasteiger partial charge < -0.3 is 9.42 Å². The van der Waals surface area contributed by atoms with Crippen LogP contribution in [0.5, 0.6) is 0 Å². The minimum Gasteiger partial charge on any atom is -0.604 e. The van der Waals surface area contributed by atoms with Crippen molar-refractivity contribution >= 4 is 31.3 Å². The molecule has 114 valence electrons. The number of carbonyl (C=O) groups excluding carboxylic acids is 1. The summed E-state index contributed by atoms with van der Waals surface area (Å²) in [6.07, 6.45) is 1.12. The fourth-order valence-corrected chi connectivity index (χ4v) is 3.80. The van der Waals surface area contributed by atoms with Gasteiger partial charge in [0.05, 0.1) is 18.4 Å². The number of hydrogen-bond acceptors (Lipinski definition) is 4. The van der Waals surface area contributed by atoms with Gasteiger partial charge in [0.15, 0.2) is 5.76 Å². The fraction of sp³-hybridized carbons (Fsp3) is 0.357. The van der Waals surface area contributed by atoms with E-state index in [1.54, 1.807) is 31.2 Å². The maximum Gasteiger partial charge on any atom is 0.396 e. The molecule has 0 aromatic heterocycles. The molecule has 5 nitrogen and oxygen atoms in total. The lowest BCUT2D eigenvalue weighted by molar-refractivity contribution is -0.214. The number of carbonyl (C=O) groups is 1. The van der Waals surface area contributed by atoms with E-state index in [4.69, 9.17) is 20.6 Å². The summed E-state index contributed by atoms with van der Waals surface area (Å²) >= 11 is 5.69. The molecule has 0 N–H and O–H groups in total. The summed E-state index contributed by atoms with van der Waals surface area (Å²) in [4.78, 5) is 25.5. The third kappa shape index (κ3) is 3.22. The van der Waals surface area contributed by atoms with E-state index in [1.807, 2.05) is 6.07 Å². The maximum atomic E-state index is 12.8. The summed E-state index contributed by atoms with van der Waals surface area (Å²) in [7, 11) is -2.45. The van der Waals surface area contributed by atoms with Crippen molar-refractivity contribution in [2.75, 3.05) is 17.7 Å². The number of halogens is 1. The number of alkyl halides is 1. The summed E-state index contributed by atoms with van der Waals surface area (Å²) in [6, 6.07) is 8.70. The first-order valence-electron chi connectivity index (χ1n) is 6.54. The first-order valence-corrected chi connectivity index (χ1v) is 8.57. The molecule has 1 unspecified atom stereocenters. The number of allylic oxidation sites excluding steroid dienone is 1. The third-order valence-corrected chi connectivity index (χ3v) is 5.30. The van der Waals surface area contributed by atoms with Crippen molar-refractivity contribution in [2.45, 2.75) is 19.8 Å². The number of rotatable bonds is 5. The Bertz CT molecular complexity index is 551. The normalized spacial score (nSPS) is 22.5. The maximum absolute atomic E-state index is 12.8. The zero-order valence-electron chi connectivity index (χ0n) is 11.9. The van der Waals surface area contributed by atoms with E-state index in [0.29, 0.717) is 35.7 Å². The Kier molecular flexibility index (Phi) is 5.22. The molecule has 1 atom stereocenters. The highest BCUT2D eigenvalue weighted by atomic mass is 35.5. The molecule has 1 amide bonds. The van der Waals surface area contributed by atoms with E-state index >= 15 is 0 Å². The predicted molar refractivity (Wildman–Crippen MR) is 81.6 cm³/mol. The minimum atomic E-state index is -3.72. The van der Waals surface area contributed by atoms with Crippen LogP contribution in [0.15, 0.2) is 41.7 Å². The van der Waals surface area contributed by atoms with Gasteiger partial charge in [-0.25, -0.2) is 0 Å². The van der Waals surface area contributed by atoms with Crippen molar-refractivity contribution in [2.24, 2.45) is 0 Å². The molecule has 0 bridgehead atoms. The van der Waals surface area contributed by atoms with Gasteiger partial charge in [-0.3, -0.25) is 4.79 Å². The summed E-state index contributed by atoms with van der Waals surface area (Å²) in [5.41, 5.74) is 0.951. The quantitative estimate of drug-likeness (QED) is 0.615. The van der Waals surface area contributed by atoms with Crippen LogP contribution >= 0.6 is 19.7 Å². The number of anilines is 1. The Morgan fingerprint density at radius 2 is 2.05 bits per heavy atom. The van der Waals surface area contributed by atoms with Crippen LogP contribution in [0.1, 0.15) is 19.8 Å². The lowest BCUT2D eigenvalue weighted by atomic mass is 10.1. The zero-order chi connectivity index (χ0) is 15.5.